The molecular weight excluding hydrogens is 316 g/mol. The molecule has 2 saturated heterocycles. The highest BCUT2D eigenvalue weighted by Crippen LogP contribution is 2.34. The van der Waals surface area contributed by atoms with Crippen molar-refractivity contribution < 1.29 is 14.6 Å². The maximum absolute atomic E-state index is 12.6. The summed E-state index contributed by atoms with van der Waals surface area (Å²) >= 11 is 0. The number of anilines is 1. The van der Waals surface area contributed by atoms with Gasteiger partial charge in [-0.05, 0) is 62.8 Å². The second kappa shape index (κ2) is 7.34. The lowest BCUT2D eigenvalue weighted by molar-refractivity contribution is 0.0510. The summed E-state index contributed by atoms with van der Waals surface area (Å²) in [6, 6.07) is 8.13. The first-order valence-electron chi connectivity index (χ1n) is 9.66. The van der Waals surface area contributed by atoms with E-state index in [0.29, 0.717) is 12.0 Å². The van der Waals surface area contributed by atoms with E-state index in [1.54, 1.807) is 0 Å². The molecule has 0 aromatic heterocycles. The fourth-order valence-corrected chi connectivity index (χ4v) is 4.55. The molecule has 136 valence electrons. The highest BCUT2D eigenvalue weighted by molar-refractivity contribution is 5.94. The topological polar surface area (TPSA) is 61.8 Å². The van der Waals surface area contributed by atoms with Crippen LogP contribution >= 0.6 is 0 Å². The van der Waals surface area contributed by atoms with Crippen LogP contribution < -0.4 is 10.2 Å². The Morgan fingerprint density at radius 2 is 1.84 bits per heavy atom. The molecule has 2 aliphatic heterocycles. The van der Waals surface area contributed by atoms with Gasteiger partial charge in [-0.15, -0.1) is 0 Å². The summed E-state index contributed by atoms with van der Waals surface area (Å²) in [6.07, 6.45) is 6.20. The number of aliphatic hydroxyl groups excluding tert-OH is 1. The standard InChI is InChI=1S/C20H28N2O3/c23-16-8-11-22(12-9-16)15-6-4-14(5-7-15)20(24)21-18-2-1-3-19-17(18)10-13-25-19/h4-7,16-19,23H,1-3,8-13H2,(H,21,24). The average Bonchev–Trinajstić information content (AvgIpc) is 3.12. The molecule has 0 radical (unpaired) electrons. The number of hydrogen-bond acceptors (Lipinski definition) is 4. The molecule has 0 spiro atoms. The molecular formula is C20H28N2O3. The van der Waals surface area contributed by atoms with Crippen molar-refractivity contribution >= 4 is 11.6 Å². The second-order valence-corrected chi connectivity index (χ2v) is 7.64. The molecule has 1 aromatic rings. The molecule has 25 heavy (non-hydrogen) atoms. The Balaban J connectivity index is 1.37. The molecule has 5 heteroatoms. The van der Waals surface area contributed by atoms with Crippen LogP contribution in [0.4, 0.5) is 5.69 Å². The van der Waals surface area contributed by atoms with Gasteiger partial charge in [-0.25, -0.2) is 0 Å². The van der Waals surface area contributed by atoms with E-state index >= 15 is 0 Å². The van der Waals surface area contributed by atoms with Gasteiger partial charge in [-0.3, -0.25) is 4.79 Å². The third-order valence-electron chi connectivity index (χ3n) is 6.06. The fraction of sp³-hybridized carbons (Fsp3) is 0.650. The van der Waals surface area contributed by atoms with Crippen molar-refractivity contribution in [3.05, 3.63) is 29.8 Å². The number of carbonyl (C=O) groups excluding carboxylic acids is 1. The van der Waals surface area contributed by atoms with Crippen LogP contribution in [0.5, 0.6) is 0 Å². The van der Waals surface area contributed by atoms with Crippen LogP contribution in [-0.4, -0.2) is 49.0 Å². The minimum atomic E-state index is -0.166. The van der Waals surface area contributed by atoms with E-state index in [4.69, 9.17) is 4.74 Å². The summed E-state index contributed by atoms with van der Waals surface area (Å²) in [5.74, 6) is 0.509. The van der Waals surface area contributed by atoms with Gasteiger partial charge in [-0.2, -0.15) is 0 Å². The number of fused-ring (bicyclic) bond motifs is 1. The van der Waals surface area contributed by atoms with E-state index in [2.05, 4.69) is 10.2 Å². The van der Waals surface area contributed by atoms with Gasteiger partial charge in [0.25, 0.3) is 5.91 Å². The zero-order valence-electron chi connectivity index (χ0n) is 14.7. The summed E-state index contributed by atoms with van der Waals surface area (Å²) in [7, 11) is 0. The summed E-state index contributed by atoms with van der Waals surface area (Å²) in [5.41, 5.74) is 1.85. The molecule has 2 heterocycles. The van der Waals surface area contributed by atoms with E-state index in [-0.39, 0.29) is 18.1 Å². The third kappa shape index (κ3) is 3.67. The van der Waals surface area contributed by atoms with Gasteiger partial charge in [0.1, 0.15) is 0 Å². The van der Waals surface area contributed by atoms with Gasteiger partial charge in [0.2, 0.25) is 0 Å². The number of amides is 1. The zero-order chi connectivity index (χ0) is 17.2. The number of nitrogens with one attached hydrogen (secondary N) is 1. The van der Waals surface area contributed by atoms with Crippen molar-refractivity contribution in [2.24, 2.45) is 5.92 Å². The Morgan fingerprint density at radius 1 is 1.08 bits per heavy atom. The maximum atomic E-state index is 12.6. The number of hydrogen-bond donors (Lipinski definition) is 2. The Bertz CT molecular complexity index is 595. The minimum absolute atomic E-state index is 0.0261. The quantitative estimate of drug-likeness (QED) is 0.883. The normalized spacial score (nSPS) is 30.1. The van der Waals surface area contributed by atoms with Crippen LogP contribution in [0.25, 0.3) is 0 Å². The number of carbonyl (C=O) groups is 1. The van der Waals surface area contributed by atoms with Gasteiger partial charge in [0.05, 0.1) is 12.2 Å². The number of rotatable bonds is 3. The van der Waals surface area contributed by atoms with Crippen molar-refractivity contribution in [3.63, 3.8) is 0 Å². The number of benzene rings is 1. The molecule has 4 rings (SSSR count). The van der Waals surface area contributed by atoms with Crippen LogP contribution in [0.1, 0.15) is 48.9 Å². The van der Waals surface area contributed by atoms with Gasteiger partial charge in [0.15, 0.2) is 0 Å². The monoisotopic (exact) mass is 344 g/mol. The highest BCUT2D eigenvalue weighted by atomic mass is 16.5. The molecule has 1 amide bonds. The van der Waals surface area contributed by atoms with Crippen molar-refractivity contribution in [3.8, 4) is 0 Å². The Labute approximate surface area is 149 Å². The zero-order valence-corrected chi connectivity index (χ0v) is 14.7. The molecule has 3 atom stereocenters. The Hall–Kier alpha value is -1.59. The Kier molecular flexibility index (Phi) is 4.95. The summed E-state index contributed by atoms with van der Waals surface area (Å²) in [5, 5.41) is 12.9. The van der Waals surface area contributed by atoms with Crippen molar-refractivity contribution in [1.82, 2.24) is 5.32 Å². The molecule has 3 aliphatic rings. The summed E-state index contributed by atoms with van der Waals surface area (Å²) in [6.45, 7) is 2.58. The van der Waals surface area contributed by atoms with Crippen LogP contribution in [0.2, 0.25) is 0 Å². The minimum Gasteiger partial charge on any atom is -0.393 e. The molecule has 2 N–H and O–H groups in total. The summed E-state index contributed by atoms with van der Waals surface area (Å²) < 4.78 is 5.79. The number of aliphatic hydroxyl groups is 1. The van der Waals surface area contributed by atoms with Gasteiger partial charge >= 0.3 is 0 Å². The van der Waals surface area contributed by atoms with E-state index in [9.17, 15) is 9.90 Å². The fourth-order valence-electron chi connectivity index (χ4n) is 4.55. The van der Waals surface area contributed by atoms with E-state index in [0.717, 1.165) is 69.5 Å². The smallest absolute Gasteiger partial charge is 0.251 e. The third-order valence-corrected chi connectivity index (χ3v) is 6.06. The van der Waals surface area contributed by atoms with Gasteiger partial charge in [0, 0.05) is 42.9 Å². The van der Waals surface area contributed by atoms with Crippen LogP contribution in [0.3, 0.4) is 0 Å². The van der Waals surface area contributed by atoms with Crippen molar-refractivity contribution in [1.29, 1.82) is 0 Å². The molecule has 1 aromatic carbocycles. The molecule has 0 bridgehead atoms. The number of ether oxygens (including phenoxy) is 1. The van der Waals surface area contributed by atoms with Crippen molar-refractivity contribution in [2.45, 2.75) is 56.8 Å². The van der Waals surface area contributed by atoms with Gasteiger partial charge < -0.3 is 20.1 Å². The largest absolute Gasteiger partial charge is 0.393 e. The van der Waals surface area contributed by atoms with Crippen LogP contribution in [-0.2, 0) is 4.74 Å². The van der Waals surface area contributed by atoms with Crippen LogP contribution in [0, 0.1) is 5.92 Å². The number of nitrogens with zero attached hydrogens (tertiary/aromatic N) is 1. The van der Waals surface area contributed by atoms with E-state index in [1.165, 1.54) is 0 Å². The number of piperidine rings is 1. The van der Waals surface area contributed by atoms with Crippen molar-refractivity contribution in [2.75, 3.05) is 24.6 Å². The lowest BCUT2D eigenvalue weighted by atomic mass is 9.81. The maximum Gasteiger partial charge on any atom is 0.251 e. The first-order chi connectivity index (χ1) is 12.2. The predicted octanol–water partition coefficient (Wildman–Crippen LogP) is 2.34. The first-order valence-corrected chi connectivity index (χ1v) is 9.66. The predicted molar refractivity (Wildman–Crippen MR) is 96.8 cm³/mol. The Morgan fingerprint density at radius 3 is 2.60 bits per heavy atom. The molecule has 3 fully saturated rings. The highest BCUT2D eigenvalue weighted by Gasteiger charge is 2.38. The molecule has 1 aliphatic carbocycles. The lowest BCUT2D eigenvalue weighted by Gasteiger charge is -2.33. The first kappa shape index (κ1) is 16.9. The van der Waals surface area contributed by atoms with E-state index < -0.39 is 0 Å². The average molecular weight is 344 g/mol. The second-order valence-electron chi connectivity index (χ2n) is 7.64. The van der Waals surface area contributed by atoms with E-state index in [1.807, 2.05) is 24.3 Å². The van der Waals surface area contributed by atoms with Gasteiger partial charge in [-0.1, -0.05) is 0 Å². The summed E-state index contributed by atoms with van der Waals surface area (Å²) in [4.78, 5) is 14.9. The lowest BCUT2D eigenvalue weighted by Crippen LogP contribution is -2.45. The molecule has 1 saturated carbocycles. The molecule has 5 nitrogen and oxygen atoms in total. The van der Waals surface area contributed by atoms with Crippen LogP contribution in [0.15, 0.2) is 24.3 Å². The molecule has 3 unspecified atom stereocenters. The SMILES string of the molecule is O=C(NC1CCCC2OCCC12)c1ccc(N2CCC(O)CC2)cc1.